The summed E-state index contributed by atoms with van der Waals surface area (Å²) in [5, 5.41) is 0. The van der Waals surface area contributed by atoms with Crippen LogP contribution in [0, 0.1) is 0 Å². The van der Waals surface area contributed by atoms with Gasteiger partial charge in [-0.1, -0.05) is 18.2 Å². The molecule has 0 N–H and O–H groups in total. The summed E-state index contributed by atoms with van der Waals surface area (Å²) in [5.41, 5.74) is 1.90. The molecule has 0 spiro atoms. The van der Waals surface area contributed by atoms with Gasteiger partial charge in [-0.3, -0.25) is 4.79 Å². The molecule has 4 nitrogen and oxygen atoms in total. The first kappa shape index (κ1) is 12.5. The smallest absolute Gasteiger partial charge is 0.345 e. The summed E-state index contributed by atoms with van der Waals surface area (Å²) in [5.74, 6) is -0.105. The van der Waals surface area contributed by atoms with E-state index in [-0.39, 0.29) is 11.7 Å². The van der Waals surface area contributed by atoms with Gasteiger partial charge in [-0.25, -0.2) is 9.78 Å². The van der Waals surface area contributed by atoms with E-state index in [0.717, 1.165) is 18.4 Å². The third-order valence-corrected chi connectivity index (χ3v) is 3.36. The van der Waals surface area contributed by atoms with Crippen molar-refractivity contribution in [1.82, 2.24) is 4.98 Å². The van der Waals surface area contributed by atoms with Gasteiger partial charge >= 0.3 is 5.97 Å². The molecule has 0 amide bonds. The van der Waals surface area contributed by atoms with E-state index in [1.54, 1.807) is 42.6 Å². The van der Waals surface area contributed by atoms with Gasteiger partial charge in [0.1, 0.15) is 0 Å². The van der Waals surface area contributed by atoms with E-state index in [0.29, 0.717) is 17.5 Å². The molecule has 0 atom stereocenters. The molecule has 0 radical (unpaired) electrons. The number of ether oxygens (including phenoxy) is 1. The number of benzene rings is 1. The number of nitrogens with zero attached hydrogens (tertiary/aromatic N) is 1. The zero-order chi connectivity index (χ0) is 13.9. The Hall–Kier alpha value is -2.49. The van der Waals surface area contributed by atoms with Gasteiger partial charge in [0.25, 0.3) is 0 Å². The fraction of sp³-hybridized carbons (Fsp3) is 0.188. The Morgan fingerprint density at radius 1 is 1.10 bits per heavy atom. The van der Waals surface area contributed by atoms with Crippen LogP contribution < -0.4 is 4.74 Å². The number of hydrogen-bond acceptors (Lipinski definition) is 4. The minimum absolute atomic E-state index is 0.0961. The minimum atomic E-state index is -0.463. The molecule has 4 heteroatoms. The highest BCUT2D eigenvalue weighted by atomic mass is 16.5. The lowest BCUT2D eigenvalue weighted by Gasteiger charge is -2.17. The molecule has 0 saturated heterocycles. The van der Waals surface area contributed by atoms with Crippen LogP contribution in [0.25, 0.3) is 0 Å². The topological polar surface area (TPSA) is 56.3 Å². The van der Waals surface area contributed by atoms with Gasteiger partial charge in [-0.15, -0.1) is 0 Å². The van der Waals surface area contributed by atoms with E-state index in [1.165, 1.54) is 0 Å². The van der Waals surface area contributed by atoms with Gasteiger partial charge in [0.05, 0.1) is 5.56 Å². The molecular formula is C16H13NO3. The normalized spacial score (nSPS) is 13.7. The Labute approximate surface area is 116 Å². The first-order valence-electron chi connectivity index (χ1n) is 6.54. The van der Waals surface area contributed by atoms with Crippen LogP contribution in [-0.4, -0.2) is 16.7 Å². The van der Waals surface area contributed by atoms with E-state index >= 15 is 0 Å². The van der Waals surface area contributed by atoms with E-state index in [1.807, 2.05) is 0 Å². The first-order chi connectivity index (χ1) is 9.75. The lowest BCUT2D eigenvalue weighted by molar-refractivity contribution is 0.0726. The van der Waals surface area contributed by atoms with Crippen LogP contribution >= 0.6 is 0 Å². The number of pyridine rings is 1. The maximum atomic E-state index is 12.2. The maximum Gasteiger partial charge on any atom is 0.345 e. The third kappa shape index (κ3) is 2.32. The highest BCUT2D eigenvalue weighted by Gasteiger charge is 2.23. The Morgan fingerprint density at radius 2 is 2.00 bits per heavy atom. The van der Waals surface area contributed by atoms with Gasteiger partial charge in [0, 0.05) is 24.2 Å². The van der Waals surface area contributed by atoms with E-state index in [9.17, 15) is 9.59 Å². The summed E-state index contributed by atoms with van der Waals surface area (Å²) in [4.78, 5) is 28.0. The fourth-order valence-corrected chi connectivity index (χ4v) is 2.43. The van der Waals surface area contributed by atoms with E-state index in [4.69, 9.17) is 4.74 Å². The van der Waals surface area contributed by atoms with Crippen LogP contribution in [0.15, 0.2) is 42.6 Å². The van der Waals surface area contributed by atoms with Crippen LogP contribution in [-0.2, 0) is 6.42 Å². The second kappa shape index (κ2) is 5.25. The molecule has 2 aromatic rings. The molecule has 100 valence electrons. The molecule has 1 aromatic carbocycles. The van der Waals surface area contributed by atoms with Crippen molar-refractivity contribution in [3.8, 4) is 5.88 Å². The average molecular weight is 267 g/mol. The number of carbonyl (C=O) groups excluding carboxylic acids is 2. The summed E-state index contributed by atoms with van der Waals surface area (Å²) >= 11 is 0. The van der Waals surface area contributed by atoms with Crippen LogP contribution in [0.5, 0.6) is 5.88 Å². The summed E-state index contributed by atoms with van der Waals surface area (Å²) in [6.45, 7) is 0. The molecule has 0 fully saturated rings. The largest absolute Gasteiger partial charge is 0.404 e. The van der Waals surface area contributed by atoms with Crippen molar-refractivity contribution in [2.24, 2.45) is 0 Å². The predicted molar refractivity (Wildman–Crippen MR) is 72.9 cm³/mol. The van der Waals surface area contributed by atoms with E-state index in [2.05, 4.69) is 4.98 Å². The van der Waals surface area contributed by atoms with Gasteiger partial charge in [-0.05, 0) is 30.5 Å². The Bertz CT molecular complexity index is 665. The molecule has 0 aliphatic heterocycles. The average Bonchev–Trinajstić information content (AvgIpc) is 2.48. The second-order valence-electron chi connectivity index (χ2n) is 4.67. The van der Waals surface area contributed by atoms with Crippen molar-refractivity contribution in [1.29, 1.82) is 0 Å². The predicted octanol–water partition coefficient (Wildman–Crippen LogP) is 2.82. The maximum absolute atomic E-state index is 12.2. The summed E-state index contributed by atoms with van der Waals surface area (Å²) in [6, 6.07) is 10.3. The quantitative estimate of drug-likeness (QED) is 0.785. The zero-order valence-corrected chi connectivity index (χ0v) is 10.8. The third-order valence-electron chi connectivity index (χ3n) is 3.36. The lowest BCUT2D eigenvalue weighted by Crippen LogP contribution is -2.18. The van der Waals surface area contributed by atoms with Crippen molar-refractivity contribution >= 4 is 11.8 Å². The molecule has 0 unspecified atom stereocenters. The zero-order valence-electron chi connectivity index (χ0n) is 10.8. The number of Topliss-reactive ketones (excluding diaryl/α,β-unsaturated/α-hetero) is 1. The monoisotopic (exact) mass is 267 g/mol. The molecule has 1 heterocycles. The summed E-state index contributed by atoms with van der Waals surface area (Å²) in [7, 11) is 0. The van der Waals surface area contributed by atoms with Crippen molar-refractivity contribution < 1.29 is 14.3 Å². The van der Waals surface area contributed by atoms with Crippen LogP contribution in [0.4, 0.5) is 0 Å². The highest BCUT2D eigenvalue weighted by molar-refractivity contribution is 6.02. The van der Waals surface area contributed by atoms with Crippen molar-refractivity contribution in [3.05, 3.63) is 59.3 Å². The van der Waals surface area contributed by atoms with Crippen molar-refractivity contribution in [2.75, 3.05) is 0 Å². The number of rotatable bonds is 2. The SMILES string of the molecule is O=C1CCCc2c1cccc2C(=O)Oc1ccccn1. The van der Waals surface area contributed by atoms with Crippen molar-refractivity contribution in [2.45, 2.75) is 19.3 Å². The first-order valence-corrected chi connectivity index (χ1v) is 6.54. The summed E-state index contributed by atoms with van der Waals surface area (Å²) in [6.07, 6.45) is 3.62. The molecular weight excluding hydrogens is 254 g/mol. The lowest BCUT2D eigenvalue weighted by atomic mass is 9.87. The second-order valence-corrected chi connectivity index (χ2v) is 4.67. The molecule has 0 bridgehead atoms. The number of carbonyl (C=O) groups is 2. The van der Waals surface area contributed by atoms with Crippen LogP contribution in [0.2, 0.25) is 0 Å². The van der Waals surface area contributed by atoms with Crippen LogP contribution in [0.3, 0.4) is 0 Å². The standard InChI is InChI=1S/C16H13NO3/c18-14-8-4-5-11-12(14)6-3-7-13(11)16(19)20-15-9-1-2-10-17-15/h1-3,6-7,9-10H,4-5,8H2. The Morgan fingerprint density at radius 3 is 2.80 bits per heavy atom. The number of fused-ring (bicyclic) bond motifs is 1. The molecule has 1 aliphatic rings. The Kier molecular flexibility index (Phi) is 3.29. The number of ketones is 1. The van der Waals surface area contributed by atoms with Gasteiger partial charge in [0.2, 0.25) is 5.88 Å². The molecule has 1 aliphatic carbocycles. The van der Waals surface area contributed by atoms with Gasteiger partial charge in [-0.2, -0.15) is 0 Å². The number of hydrogen-bond donors (Lipinski definition) is 0. The fourth-order valence-electron chi connectivity index (χ4n) is 2.43. The van der Waals surface area contributed by atoms with Crippen LogP contribution in [0.1, 0.15) is 39.1 Å². The number of esters is 1. The number of aromatic nitrogens is 1. The van der Waals surface area contributed by atoms with Gasteiger partial charge in [0.15, 0.2) is 5.78 Å². The minimum Gasteiger partial charge on any atom is -0.404 e. The van der Waals surface area contributed by atoms with Crippen molar-refractivity contribution in [3.63, 3.8) is 0 Å². The molecule has 0 saturated carbocycles. The highest BCUT2D eigenvalue weighted by Crippen LogP contribution is 2.25. The molecule has 20 heavy (non-hydrogen) atoms. The Balaban J connectivity index is 1.93. The molecule has 1 aromatic heterocycles. The van der Waals surface area contributed by atoms with Gasteiger partial charge < -0.3 is 4.74 Å². The summed E-state index contributed by atoms with van der Waals surface area (Å²) < 4.78 is 5.24. The van der Waals surface area contributed by atoms with E-state index < -0.39 is 5.97 Å². The molecule has 3 rings (SSSR count).